The molecule has 0 amide bonds. The lowest BCUT2D eigenvalue weighted by molar-refractivity contribution is -0.222. The number of aliphatic hydroxyl groups excluding tert-OH is 1. The van der Waals surface area contributed by atoms with Crippen molar-refractivity contribution in [2.45, 2.75) is 38.1 Å². The van der Waals surface area contributed by atoms with Gasteiger partial charge in [0.2, 0.25) is 5.79 Å². The Hall–Kier alpha value is -1.59. The summed E-state index contributed by atoms with van der Waals surface area (Å²) in [4.78, 5) is 5.37. The Morgan fingerprint density at radius 3 is 2.50 bits per heavy atom. The largest absolute Gasteiger partial charge is 0.497 e. The third-order valence-corrected chi connectivity index (χ3v) is 3.65. The lowest BCUT2D eigenvalue weighted by Crippen LogP contribution is -2.40. The average molecular weight is 279 g/mol. The van der Waals surface area contributed by atoms with Crippen LogP contribution in [0.5, 0.6) is 5.75 Å². The predicted molar refractivity (Wildman–Crippen MR) is 76.0 cm³/mol. The van der Waals surface area contributed by atoms with Gasteiger partial charge in [0.05, 0.1) is 18.9 Å². The van der Waals surface area contributed by atoms with Crippen LogP contribution in [-0.4, -0.2) is 36.9 Å². The minimum absolute atomic E-state index is 0.0420. The lowest BCUT2D eigenvalue weighted by atomic mass is 9.85. The molecule has 1 aliphatic heterocycles. The van der Waals surface area contributed by atoms with Gasteiger partial charge in [0.1, 0.15) is 5.75 Å². The van der Waals surface area contributed by atoms with Gasteiger partial charge in [-0.1, -0.05) is 17.3 Å². The molecule has 0 bridgehead atoms. The predicted octanol–water partition coefficient (Wildman–Crippen LogP) is 2.30. The minimum Gasteiger partial charge on any atom is -0.497 e. The summed E-state index contributed by atoms with van der Waals surface area (Å²) in [5.41, 5.74) is 1.67. The van der Waals surface area contributed by atoms with Crippen LogP contribution in [-0.2, 0) is 9.57 Å². The first-order valence-corrected chi connectivity index (χ1v) is 6.62. The standard InChI is InChI=1S/C15H21NO4/c1-10(17)14-13(9-15(2,19-4)20-16-14)11-5-7-12(18-3)8-6-11/h5-8,10,13,17H,9H2,1-4H3/t10-,13+,15+/m1/s1. The molecule has 0 saturated heterocycles. The Labute approximate surface area is 119 Å². The second-order valence-corrected chi connectivity index (χ2v) is 5.15. The van der Waals surface area contributed by atoms with Crippen LogP contribution < -0.4 is 4.74 Å². The van der Waals surface area contributed by atoms with Crippen molar-refractivity contribution in [3.8, 4) is 5.75 Å². The number of oxime groups is 1. The molecule has 5 nitrogen and oxygen atoms in total. The Morgan fingerprint density at radius 2 is 2.00 bits per heavy atom. The first kappa shape index (κ1) is 14.8. The summed E-state index contributed by atoms with van der Waals surface area (Å²) in [7, 11) is 3.22. The topological polar surface area (TPSA) is 60.3 Å². The number of nitrogens with zero attached hydrogens (tertiary/aromatic N) is 1. The quantitative estimate of drug-likeness (QED) is 0.918. The van der Waals surface area contributed by atoms with Crippen LogP contribution >= 0.6 is 0 Å². The zero-order valence-corrected chi connectivity index (χ0v) is 12.3. The van der Waals surface area contributed by atoms with Crippen molar-refractivity contribution in [3.05, 3.63) is 29.8 Å². The molecule has 0 aliphatic carbocycles. The third kappa shape index (κ3) is 2.94. The van der Waals surface area contributed by atoms with Crippen LogP contribution in [0, 0.1) is 0 Å². The van der Waals surface area contributed by atoms with E-state index in [2.05, 4.69) is 5.16 Å². The van der Waals surface area contributed by atoms with E-state index in [0.717, 1.165) is 11.3 Å². The van der Waals surface area contributed by atoms with Gasteiger partial charge in [0.15, 0.2) is 0 Å². The molecule has 1 N–H and O–H groups in total. The summed E-state index contributed by atoms with van der Waals surface area (Å²) in [6, 6.07) is 7.74. The van der Waals surface area contributed by atoms with E-state index in [1.54, 1.807) is 21.1 Å². The van der Waals surface area contributed by atoms with Crippen LogP contribution in [0.1, 0.15) is 31.7 Å². The Morgan fingerprint density at radius 1 is 1.35 bits per heavy atom. The minimum atomic E-state index is -0.775. The fourth-order valence-corrected chi connectivity index (χ4v) is 2.34. The van der Waals surface area contributed by atoms with E-state index in [4.69, 9.17) is 14.3 Å². The monoisotopic (exact) mass is 279 g/mol. The highest BCUT2D eigenvalue weighted by Gasteiger charge is 2.39. The maximum Gasteiger partial charge on any atom is 0.234 e. The Bertz CT molecular complexity index is 483. The molecule has 110 valence electrons. The summed E-state index contributed by atoms with van der Waals surface area (Å²) >= 11 is 0. The summed E-state index contributed by atoms with van der Waals surface area (Å²) < 4.78 is 10.5. The molecule has 1 aromatic carbocycles. The first-order valence-electron chi connectivity index (χ1n) is 6.62. The molecular weight excluding hydrogens is 258 g/mol. The highest BCUT2D eigenvalue weighted by Crippen LogP contribution is 2.36. The van der Waals surface area contributed by atoms with Crippen molar-refractivity contribution in [2.24, 2.45) is 5.16 Å². The number of aliphatic hydroxyl groups is 1. The van der Waals surface area contributed by atoms with Crippen molar-refractivity contribution in [1.82, 2.24) is 0 Å². The molecule has 1 heterocycles. The number of methoxy groups -OCH3 is 2. The van der Waals surface area contributed by atoms with E-state index in [1.165, 1.54) is 0 Å². The summed E-state index contributed by atoms with van der Waals surface area (Å²) in [6.07, 6.45) is -0.0666. The maximum absolute atomic E-state index is 9.88. The molecule has 5 heteroatoms. The van der Waals surface area contributed by atoms with Gasteiger partial charge in [-0.3, -0.25) is 0 Å². The highest BCUT2D eigenvalue weighted by atomic mass is 16.8. The van der Waals surface area contributed by atoms with Gasteiger partial charge >= 0.3 is 0 Å². The molecular formula is C15H21NO4. The fraction of sp³-hybridized carbons (Fsp3) is 0.533. The summed E-state index contributed by atoms with van der Waals surface area (Å²) in [6.45, 7) is 3.53. The van der Waals surface area contributed by atoms with Crippen molar-refractivity contribution in [2.75, 3.05) is 14.2 Å². The van der Waals surface area contributed by atoms with Crippen LogP contribution in [0.4, 0.5) is 0 Å². The van der Waals surface area contributed by atoms with Gasteiger partial charge in [-0.2, -0.15) is 0 Å². The van der Waals surface area contributed by atoms with Crippen LogP contribution in [0.15, 0.2) is 29.4 Å². The SMILES string of the molecule is COc1ccc([C@@H]2C[C@@](C)(OC)ON=C2[C@@H](C)O)cc1. The van der Waals surface area contributed by atoms with Crippen molar-refractivity contribution in [1.29, 1.82) is 0 Å². The van der Waals surface area contributed by atoms with E-state index >= 15 is 0 Å². The van der Waals surface area contributed by atoms with Crippen LogP contribution in [0.25, 0.3) is 0 Å². The molecule has 0 unspecified atom stereocenters. The van der Waals surface area contributed by atoms with E-state index < -0.39 is 11.9 Å². The Balaban J connectivity index is 2.33. The van der Waals surface area contributed by atoms with Gasteiger partial charge in [0, 0.05) is 26.4 Å². The number of rotatable bonds is 4. The second kappa shape index (κ2) is 5.81. The van der Waals surface area contributed by atoms with Crippen molar-refractivity contribution >= 4 is 5.71 Å². The molecule has 20 heavy (non-hydrogen) atoms. The molecule has 1 aliphatic rings. The first-order chi connectivity index (χ1) is 9.49. The second-order valence-electron chi connectivity index (χ2n) is 5.15. The smallest absolute Gasteiger partial charge is 0.234 e. The highest BCUT2D eigenvalue weighted by molar-refractivity contribution is 5.94. The molecule has 0 fully saturated rings. The molecule has 0 radical (unpaired) electrons. The normalized spacial score (nSPS) is 27.4. The van der Waals surface area contributed by atoms with Crippen LogP contribution in [0.2, 0.25) is 0 Å². The average Bonchev–Trinajstić information content (AvgIpc) is 2.47. The molecule has 0 saturated carbocycles. The van der Waals surface area contributed by atoms with Gasteiger partial charge in [-0.15, -0.1) is 0 Å². The molecule has 1 aromatic rings. The molecule has 3 atom stereocenters. The van der Waals surface area contributed by atoms with E-state index in [1.807, 2.05) is 31.2 Å². The molecule has 0 aromatic heterocycles. The van der Waals surface area contributed by atoms with Gasteiger partial charge < -0.3 is 19.4 Å². The zero-order chi connectivity index (χ0) is 14.8. The number of benzene rings is 1. The number of hydrogen-bond acceptors (Lipinski definition) is 5. The lowest BCUT2D eigenvalue weighted by Gasteiger charge is -2.35. The summed E-state index contributed by atoms with van der Waals surface area (Å²) in [5.74, 6) is -0.0198. The summed E-state index contributed by atoms with van der Waals surface area (Å²) in [5, 5.41) is 13.9. The van der Waals surface area contributed by atoms with E-state index in [9.17, 15) is 5.11 Å². The van der Waals surface area contributed by atoms with Crippen LogP contribution in [0.3, 0.4) is 0 Å². The van der Waals surface area contributed by atoms with E-state index in [-0.39, 0.29) is 5.92 Å². The molecule has 2 rings (SSSR count). The Kier molecular flexibility index (Phi) is 4.30. The molecule has 0 spiro atoms. The zero-order valence-electron chi connectivity index (χ0n) is 12.3. The third-order valence-electron chi connectivity index (χ3n) is 3.65. The van der Waals surface area contributed by atoms with Crippen molar-refractivity contribution < 1.29 is 19.4 Å². The number of hydrogen-bond donors (Lipinski definition) is 1. The van der Waals surface area contributed by atoms with E-state index in [0.29, 0.717) is 12.1 Å². The van der Waals surface area contributed by atoms with Gasteiger partial charge in [-0.05, 0) is 24.6 Å². The fourth-order valence-electron chi connectivity index (χ4n) is 2.34. The van der Waals surface area contributed by atoms with Gasteiger partial charge in [-0.25, -0.2) is 0 Å². The number of ether oxygens (including phenoxy) is 2. The van der Waals surface area contributed by atoms with Crippen molar-refractivity contribution in [3.63, 3.8) is 0 Å². The van der Waals surface area contributed by atoms with Gasteiger partial charge in [0.25, 0.3) is 0 Å². The maximum atomic E-state index is 9.88.